The lowest BCUT2D eigenvalue weighted by Crippen LogP contribution is -2.27. The number of halogens is 2. The molecule has 3 aromatic carbocycles. The van der Waals surface area contributed by atoms with Gasteiger partial charge in [-0.3, -0.25) is 4.79 Å². The van der Waals surface area contributed by atoms with Crippen molar-refractivity contribution in [3.05, 3.63) is 106 Å². The van der Waals surface area contributed by atoms with Gasteiger partial charge in [-0.2, -0.15) is 5.10 Å². The van der Waals surface area contributed by atoms with Crippen LogP contribution >= 0.6 is 23.2 Å². The highest BCUT2D eigenvalue weighted by Gasteiger charge is 2.36. The number of pyridine rings is 1. The van der Waals surface area contributed by atoms with Crippen LogP contribution in [0.3, 0.4) is 0 Å². The van der Waals surface area contributed by atoms with E-state index in [1.807, 2.05) is 66.7 Å². The van der Waals surface area contributed by atoms with E-state index in [1.165, 1.54) is 5.01 Å². The highest BCUT2D eigenvalue weighted by atomic mass is 35.5. The molecule has 5 rings (SSSR count). The summed E-state index contributed by atoms with van der Waals surface area (Å²) in [5.74, 6) is 0.485. The molecule has 0 saturated carbocycles. The summed E-state index contributed by atoms with van der Waals surface area (Å²) < 4.78 is 5.30. The predicted molar refractivity (Wildman–Crippen MR) is 131 cm³/mol. The van der Waals surface area contributed by atoms with Crippen LogP contribution in [0.15, 0.2) is 84.0 Å². The number of fused-ring (bicyclic) bond motifs is 1. The fourth-order valence-corrected chi connectivity index (χ4v) is 4.53. The molecule has 7 heteroatoms. The molecule has 0 fully saturated rings. The van der Waals surface area contributed by atoms with Gasteiger partial charge >= 0.3 is 0 Å². The Labute approximate surface area is 201 Å². The molecule has 0 unspecified atom stereocenters. The van der Waals surface area contributed by atoms with Crippen molar-refractivity contribution in [2.24, 2.45) is 5.10 Å². The van der Waals surface area contributed by atoms with E-state index in [4.69, 9.17) is 33.0 Å². The number of ether oxygens (including phenoxy) is 1. The van der Waals surface area contributed by atoms with Crippen molar-refractivity contribution in [3.63, 3.8) is 0 Å². The second kappa shape index (κ2) is 8.85. The monoisotopic (exact) mass is 475 g/mol. The number of methoxy groups -OCH3 is 1. The van der Waals surface area contributed by atoms with Crippen LogP contribution in [0.4, 0.5) is 0 Å². The topological polar surface area (TPSA) is 54.8 Å². The average molecular weight is 476 g/mol. The van der Waals surface area contributed by atoms with Gasteiger partial charge in [0.1, 0.15) is 10.9 Å². The van der Waals surface area contributed by atoms with Crippen LogP contribution in [0.2, 0.25) is 10.2 Å². The number of benzene rings is 3. The molecular weight excluding hydrogens is 457 g/mol. The van der Waals surface area contributed by atoms with E-state index in [-0.39, 0.29) is 5.91 Å². The highest BCUT2D eigenvalue weighted by molar-refractivity contribution is 6.34. The quantitative estimate of drug-likeness (QED) is 0.314. The second-order valence-corrected chi connectivity index (χ2v) is 8.45. The zero-order valence-electron chi connectivity index (χ0n) is 17.7. The lowest BCUT2D eigenvalue weighted by Gasteiger charge is -2.23. The normalized spacial score (nSPS) is 15.5. The number of hydrogen-bond acceptors (Lipinski definition) is 4. The van der Waals surface area contributed by atoms with Crippen molar-refractivity contribution in [1.29, 1.82) is 0 Å². The van der Waals surface area contributed by atoms with Gasteiger partial charge in [0, 0.05) is 39.6 Å². The number of nitrogens with zero attached hydrogens (tertiary/aromatic N) is 3. The lowest BCUT2D eigenvalue weighted by atomic mass is 9.98. The molecule has 0 aliphatic carbocycles. The van der Waals surface area contributed by atoms with Crippen molar-refractivity contribution in [2.75, 3.05) is 7.11 Å². The summed E-state index contributed by atoms with van der Waals surface area (Å²) in [4.78, 5) is 18.0. The summed E-state index contributed by atoms with van der Waals surface area (Å²) in [6.45, 7) is 0. The van der Waals surface area contributed by atoms with Crippen molar-refractivity contribution < 1.29 is 9.53 Å². The first-order chi connectivity index (χ1) is 16.0. The lowest BCUT2D eigenvalue weighted by molar-refractivity contribution is 0.0711. The molecule has 4 aromatic rings. The van der Waals surface area contributed by atoms with Crippen molar-refractivity contribution in [3.8, 4) is 5.75 Å². The van der Waals surface area contributed by atoms with E-state index in [2.05, 4.69) is 4.98 Å². The minimum atomic E-state index is -0.421. The third kappa shape index (κ3) is 4.06. The average Bonchev–Trinajstić information content (AvgIpc) is 3.28. The van der Waals surface area contributed by atoms with E-state index >= 15 is 0 Å². The third-order valence-electron chi connectivity index (χ3n) is 5.69. The van der Waals surface area contributed by atoms with Crippen LogP contribution < -0.4 is 4.74 Å². The third-order valence-corrected chi connectivity index (χ3v) is 6.32. The molecule has 2 heterocycles. The summed E-state index contributed by atoms with van der Waals surface area (Å²) in [5.41, 5.74) is 3.50. The Balaban J connectivity index is 1.61. The molecule has 33 heavy (non-hydrogen) atoms. The molecule has 1 aliphatic heterocycles. The minimum Gasteiger partial charge on any atom is -0.497 e. The number of aromatic nitrogens is 1. The molecule has 1 aromatic heterocycles. The molecule has 1 amide bonds. The van der Waals surface area contributed by atoms with Gasteiger partial charge in [0.15, 0.2) is 0 Å². The Kier molecular flexibility index (Phi) is 5.75. The zero-order valence-corrected chi connectivity index (χ0v) is 19.2. The second-order valence-electron chi connectivity index (χ2n) is 7.69. The van der Waals surface area contributed by atoms with Gasteiger partial charge in [-0.1, -0.05) is 59.6 Å². The first-order valence-electron chi connectivity index (χ1n) is 10.4. The van der Waals surface area contributed by atoms with E-state index in [1.54, 1.807) is 19.2 Å². The Bertz CT molecular complexity index is 1390. The molecule has 0 bridgehead atoms. The van der Waals surface area contributed by atoms with Gasteiger partial charge in [0.2, 0.25) is 0 Å². The molecule has 1 atom stereocenters. The SMILES string of the molecule is COc1ccc2cc([C@H]3CC(c4ccccc4Cl)=NN3C(=O)c3ccccc3)c(Cl)nc2c1. The van der Waals surface area contributed by atoms with Crippen LogP contribution in [-0.2, 0) is 0 Å². The largest absolute Gasteiger partial charge is 0.497 e. The van der Waals surface area contributed by atoms with Crippen LogP contribution in [-0.4, -0.2) is 28.7 Å². The van der Waals surface area contributed by atoms with E-state index in [0.717, 1.165) is 22.2 Å². The van der Waals surface area contributed by atoms with Crippen molar-refractivity contribution in [2.45, 2.75) is 12.5 Å². The van der Waals surface area contributed by atoms with Gasteiger partial charge in [0.05, 0.1) is 24.4 Å². The molecular formula is C26H19Cl2N3O2. The number of amides is 1. The molecule has 0 N–H and O–H groups in total. The van der Waals surface area contributed by atoms with Crippen molar-refractivity contribution in [1.82, 2.24) is 9.99 Å². The van der Waals surface area contributed by atoms with Crippen LogP contribution in [0.25, 0.3) is 10.9 Å². The van der Waals surface area contributed by atoms with Crippen LogP contribution in [0.5, 0.6) is 5.75 Å². The number of hydrogen-bond donors (Lipinski definition) is 0. The van der Waals surface area contributed by atoms with Gasteiger partial charge in [-0.25, -0.2) is 9.99 Å². The maximum atomic E-state index is 13.5. The summed E-state index contributed by atoms with van der Waals surface area (Å²) in [6.07, 6.45) is 0.464. The van der Waals surface area contributed by atoms with Crippen LogP contribution in [0, 0.1) is 0 Å². The van der Waals surface area contributed by atoms with E-state index < -0.39 is 6.04 Å². The van der Waals surface area contributed by atoms with Crippen molar-refractivity contribution >= 4 is 45.7 Å². The van der Waals surface area contributed by atoms with E-state index in [9.17, 15) is 4.79 Å². The number of carbonyl (C=O) groups is 1. The van der Waals surface area contributed by atoms with Gasteiger partial charge in [-0.05, 0) is 36.4 Å². The number of carbonyl (C=O) groups excluding carboxylic acids is 1. The molecule has 0 saturated heterocycles. The maximum absolute atomic E-state index is 13.5. The maximum Gasteiger partial charge on any atom is 0.274 e. The van der Waals surface area contributed by atoms with Gasteiger partial charge < -0.3 is 4.74 Å². The molecule has 164 valence electrons. The molecule has 0 spiro atoms. The molecule has 5 nitrogen and oxygen atoms in total. The fourth-order valence-electron chi connectivity index (χ4n) is 4.01. The Morgan fingerprint density at radius 3 is 2.52 bits per heavy atom. The first-order valence-corrected chi connectivity index (χ1v) is 11.2. The van der Waals surface area contributed by atoms with Crippen LogP contribution in [0.1, 0.15) is 33.9 Å². The standard InChI is InChI=1S/C26H19Cl2N3O2/c1-33-18-12-11-17-13-20(25(28)29-22(17)14-18)24-15-23(19-9-5-6-10-21(19)27)30-31(24)26(32)16-7-3-2-4-8-16/h2-14,24H,15H2,1H3/t24-/m1/s1. The molecule has 1 aliphatic rings. The Morgan fingerprint density at radius 1 is 1.00 bits per heavy atom. The zero-order chi connectivity index (χ0) is 22.9. The number of rotatable bonds is 4. The number of hydrazone groups is 1. The Morgan fingerprint density at radius 2 is 1.76 bits per heavy atom. The minimum absolute atomic E-state index is 0.214. The summed E-state index contributed by atoms with van der Waals surface area (Å²) in [6, 6.07) is 23.7. The summed E-state index contributed by atoms with van der Waals surface area (Å²) >= 11 is 13.1. The van der Waals surface area contributed by atoms with Gasteiger partial charge in [0.25, 0.3) is 5.91 Å². The van der Waals surface area contributed by atoms with E-state index in [0.29, 0.717) is 33.4 Å². The fraction of sp³-hybridized carbons (Fsp3) is 0.115. The summed E-state index contributed by atoms with van der Waals surface area (Å²) in [5, 5.41) is 8.00. The Hall–Kier alpha value is -3.41. The summed E-state index contributed by atoms with van der Waals surface area (Å²) in [7, 11) is 1.61. The molecule has 0 radical (unpaired) electrons. The first kappa shape index (κ1) is 21.4. The smallest absolute Gasteiger partial charge is 0.274 e. The highest BCUT2D eigenvalue weighted by Crippen LogP contribution is 2.39. The predicted octanol–water partition coefficient (Wildman–Crippen LogP) is 6.54. The van der Waals surface area contributed by atoms with Gasteiger partial charge in [-0.15, -0.1) is 0 Å².